The molecular weight excluding hydrogens is 310 g/mol. The summed E-state index contributed by atoms with van der Waals surface area (Å²) in [5.41, 5.74) is 2.21. The van der Waals surface area contributed by atoms with Gasteiger partial charge in [-0.15, -0.1) is 0 Å². The van der Waals surface area contributed by atoms with Gasteiger partial charge < -0.3 is 9.47 Å². The normalized spacial score (nSPS) is 10.6. The molecule has 3 aromatic rings. The Morgan fingerprint density at radius 1 is 1.04 bits per heavy atom. The van der Waals surface area contributed by atoms with E-state index in [1.807, 2.05) is 49.5 Å². The Labute approximate surface area is 148 Å². The molecule has 0 aliphatic heterocycles. The van der Waals surface area contributed by atoms with Gasteiger partial charge in [0, 0.05) is 31.0 Å². The molecule has 0 aliphatic rings. The fourth-order valence-corrected chi connectivity index (χ4v) is 2.85. The second-order valence-electron chi connectivity index (χ2n) is 5.94. The molecule has 1 heterocycles. The summed E-state index contributed by atoms with van der Waals surface area (Å²) >= 11 is 0. The van der Waals surface area contributed by atoms with Crippen LogP contribution in [0.4, 0.5) is 5.69 Å². The average Bonchev–Trinajstić information content (AvgIpc) is 3.12. The Bertz CT molecular complexity index is 796. The Balaban J connectivity index is 1.75. The van der Waals surface area contributed by atoms with Crippen LogP contribution in [0.5, 0.6) is 0 Å². The molecule has 25 heavy (non-hydrogen) atoms. The van der Waals surface area contributed by atoms with Crippen LogP contribution in [0.2, 0.25) is 0 Å². The third-order valence-corrected chi connectivity index (χ3v) is 4.26. The van der Waals surface area contributed by atoms with Crippen molar-refractivity contribution in [3.05, 3.63) is 84.4 Å². The van der Waals surface area contributed by atoms with Crippen LogP contribution in [-0.4, -0.2) is 15.5 Å². The van der Waals surface area contributed by atoms with Crippen molar-refractivity contribution in [2.24, 2.45) is 0 Å². The minimum atomic E-state index is 0.101. The van der Waals surface area contributed by atoms with Crippen LogP contribution in [0.15, 0.2) is 73.1 Å². The van der Waals surface area contributed by atoms with E-state index in [9.17, 15) is 4.79 Å². The van der Waals surface area contributed by atoms with Gasteiger partial charge in [0.2, 0.25) is 5.91 Å². The van der Waals surface area contributed by atoms with E-state index >= 15 is 0 Å². The van der Waals surface area contributed by atoms with E-state index in [-0.39, 0.29) is 5.91 Å². The molecule has 3 rings (SSSR count). The van der Waals surface area contributed by atoms with Gasteiger partial charge in [-0.1, -0.05) is 55.5 Å². The number of carbonyl (C=O) groups excluding carboxylic acids is 1. The van der Waals surface area contributed by atoms with Crippen molar-refractivity contribution < 1.29 is 4.79 Å². The Morgan fingerprint density at radius 3 is 2.40 bits per heavy atom. The molecule has 0 unspecified atom stereocenters. The first kappa shape index (κ1) is 17.0. The largest absolute Gasteiger partial charge is 0.333 e. The number of benzene rings is 2. The van der Waals surface area contributed by atoms with Gasteiger partial charge in [0.15, 0.2) is 0 Å². The lowest BCUT2D eigenvalue weighted by Crippen LogP contribution is -2.31. The molecule has 0 spiro atoms. The van der Waals surface area contributed by atoms with Crippen LogP contribution in [0.3, 0.4) is 0 Å². The molecule has 0 aliphatic carbocycles. The summed E-state index contributed by atoms with van der Waals surface area (Å²) in [5.74, 6) is 1.00. The van der Waals surface area contributed by atoms with E-state index in [0.717, 1.165) is 24.5 Å². The van der Waals surface area contributed by atoms with Crippen molar-refractivity contribution in [2.75, 3.05) is 4.90 Å². The van der Waals surface area contributed by atoms with Gasteiger partial charge in [-0.25, -0.2) is 4.98 Å². The minimum absolute atomic E-state index is 0.101. The van der Waals surface area contributed by atoms with Gasteiger partial charge >= 0.3 is 0 Å². The Kier molecular flexibility index (Phi) is 5.62. The molecule has 0 atom stereocenters. The zero-order valence-corrected chi connectivity index (χ0v) is 14.5. The summed E-state index contributed by atoms with van der Waals surface area (Å²) in [5, 5.41) is 0. The Morgan fingerprint density at radius 2 is 1.72 bits per heavy atom. The minimum Gasteiger partial charge on any atom is -0.333 e. The predicted molar refractivity (Wildman–Crippen MR) is 100 cm³/mol. The zero-order chi connectivity index (χ0) is 17.5. The van der Waals surface area contributed by atoms with Crippen molar-refractivity contribution in [2.45, 2.75) is 32.9 Å². The fraction of sp³-hybridized carbons (Fsp3) is 0.238. The van der Waals surface area contributed by atoms with Crippen LogP contribution in [0.1, 0.15) is 24.7 Å². The number of carbonyl (C=O) groups is 1. The van der Waals surface area contributed by atoms with Crippen molar-refractivity contribution in [3.8, 4) is 0 Å². The number of hydrogen-bond acceptors (Lipinski definition) is 2. The average molecular weight is 333 g/mol. The number of para-hydroxylation sites is 1. The standard InChI is InChI=1S/C21H23N3O/c1-2-21(25)24(19-11-7-4-8-12-19)17-20-22-14-16-23(20)15-13-18-9-5-3-6-10-18/h3-12,14,16H,2,13,15,17H2,1H3. The maximum atomic E-state index is 12.4. The molecule has 0 fully saturated rings. The molecule has 0 bridgehead atoms. The van der Waals surface area contributed by atoms with Gasteiger partial charge in [-0.2, -0.15) is 0 Å². The first-order chi connectivity index (χ1) is 12.3. The summed E-state index contributed by atoms with van der Waals surface area (Å²) in [6.45, 7) is 3.22. The van der Waals surface area contributed by atoms with Gasteiger partial charge in [0.1, 0.15) is 5.82 Å². The smallest absolute Gasteiger partial charge is 0.227 e. The lowest BCUT2D eigenvalue weighted by Gasteiger charge is -2.22. The van der Waals surface area contributed by atoms with E-state index in [1.54, 1.807) is 11.1 Å². The monoisotopic (exact) mass is 333 g/mol. The molecule has 128 valence electrons. The molecule has 0 N–H and O–H groups in total. The summed E-state index contributed by atoms with van der Waals surface area (Å²) in [7, 11) is 0. The number of imidazole rings is 1. The van der Waals surface area contributed by atoms with E-state index in [2.05, 4.69) is 33.8 Å². The third kappa shape index (κ3) is 4.35. The highest BCUT2D eigenvalue weighted by Crippen LogP contribution is 2.18. The molecule has 1 amide bonds. The quantitative estimate of drug-likeness (QED) is 0.654. The first-order valence-electron chi connectivity index (χ1n) is 8.67. The molecule has 0 radical (unpaired) electrons. The van der Waals surface area contributed by atoms with Crippen LogP contribution >= 0.6 is 0 Å². The molecule has 4 heteroatoms. The summed E-state index contributed by atoms with van der Waals surface area (Å²) in [6.07, 6.45) is 5.20. The molecule has 1 aromatic heterocycles. The molecular formula is C21H23N3O. The maximum Gasteiger partial charge on any atom is 0.227 e. The van der Waals surface area contributed by atoms with Crippen LogP contribution < -0.4 is 4.90 Å². The number of nitrogens with zero attached hydrogens (tertiary/aromatic N) is 3. The zero-order valence-electron chi connectivity index (χ0n) is 14.5. The van der Waals surface area contributed by atoms with Crippen LogP contribution in [0.25, 0.3) is 0 Å². The number of aromatic nitrogens is 2. The third-order valence-electron chi connectivity index (χ3n) is 4.26. The lowest BCUT2D eigenvalue weighted by molar-refractivity contribution is -0.118. The number of amides is 1. The van der Waals surface area contributed by atoms with E-state index < -0.39 is 0 Å². The van der Waals surface area contributed by atoms with Crippen molar-refractivity contribution in [3.63, 3.8) is 0 Å². The molecule has 4 nitrogen and oxygen atoms in total. The van der Waals surface area contributed by atoms with E-state index in [0.29, 0.717) is 13.0 Å². The lowest BCUT2D eigenvalue weighted by atomic mass is 10.1. The maximum absolute atomic E-state index is 12.4. The summed E-state index contributed by atoms with van der Waals surface area (Å²) < 4.78 is 2.13. The number of hydrogen-bond donors (Lipinski definition) is 0. The fourth-order valence-electron chi connectivity index (χ4n) is 2.85. The summed E-state index contributed by atoms with van der Waals surface area (Å²) in [4.78, 5) is 18.7. The number of anilines is 1. The van der Waals surface area contributed by atoms with Crippen molar-refractivity contribution in [1.29, 1.82) is 0 Å². The van der Waals surface area contributed by atoms with Crippen molar-refractivity contribution in [1.82, 2.24) is 9.55 Å². The topological polar surface area (TPSA) is 38.1 Å². The van der Waals surface area contributed by atoms with Gasteiger partial charge in [-0.05, 0) is 24.1 Å². The molecule has 0 saturated carbocycles. The highest BCUT2D eigenvalue weighted by Gasteiger charge is 2.16. The highest BCUT2D eigenvalue weighted by atomic mass is 16.2. The summed E-state index contributed by atoms with van der Waals surface area (Å²) in [6, 6.07) is 20.2. The molecule has 0 saturated heterocycles. The van der Waals surface area contributed by atoms with Crippen LogP contribution in [0, 0.1) is 0 Å². The molecule has 2 aromatic carbocycles. The number of aryl methyl sites for hydroxylation is 2. The number of rotatable bonds is 7. The van der Waals surface area contributed by atoms with Gasteiger partial charge in [0.25, 0.3) is 0 Å². The highest BCUT2D eigenvalue weighted by molar-refractivity contribution is 5.92. The van der Waals surface area contributed by atoms with Crippen molar-refractivity contribution >= 4 is 11.6 Å². The second-order valence-corrected chi connectivity index (χ2v) is 5.94. The van der Waals surface area contributed by atoms with E-state index in [4.69, 9.17) is 0 Å². The first-order valence-corrected chi connectivity index (χ1v) is 8.67. The van der Waals surface area contributed by atoms with Gasteiger partial charge in [-0.3, -0.25) is 4.79 Å². The van der Waals surface area contributed by atoms with Crippen LogP contribution in [-0.2, 0) is 24.3 Å². The SMILES string of the molecule is CCC(=O)N(Cc1nccn1CCc1ccccc1)c1ccccc1. The van der Waals surface area contributed by atoms with Gasteiger partial charge in [0.05, 0.1) is 6.54 Å². The van der Waals surface area contributed by atoms with E-state index in [1.165, 1.54) is 5.56 Å². The predicted octanol–water partition coefficient (Wildman–Crippen LogP) is 4.07. The Hall–Kier alpha value is -2.88. The second kappa shape index (κ2) is 8.29.